The first kappa shape index (κ1) is 15.5. The van der Waals surface area contributed by atoms with Gasteiger partial charge >= 0.3 is 12.1 Å². The van der Waals surface area contributed by atoms with Crippen molar-refractivity contribution in [2.75, 3.05) is 6.54 Å². The zero-order valence-electron chi connectivity index (χ0n) is 10.1. The molecule has 0 bridgehead atoms. The van der Waals surface area contributed by atoms with Crippen LogP contribution in [0.25, 0.3) is 0 Å². The lowest BCUT2D eigenvalue weighted by atomic mass is 10.0. The van der Waals surface area contributed by atoms with Gasteiger partial charge in [0.1, 0.15) is 0 Å². The van der Waals surface area contributed by atoms with Crippen LogP contribution in [0.2, 0.25) is 0 Å². The second-order valence-corrected chi connectivity index (χ2v) is 4.24. The highest BCUT2D eigenvalue weighted by Crippen LogP contribution is 2.30. The molecule has 106 valence electrons. The fourth-order valence-corrected chi connectivity index (χ4v) is 1.39. The zero-order valence-corrected chi connectivity index (χ0v) is 10.1. The number of aliphatic carboxylic acids is 1. The molecule has 0 amide bonds. The molecule has 0 aliphatic rings. The molecule has 0 aliphatic heterocycles. The van der Waals surface area contributed by atoms with Gasteiger partial charge in [-0.05, 0) is 12.5 Å². The largest absolute Gasteiger partial charge is 0.480 e. The van der Waals surface area contributed by atoms with Crippen molar-refractivity contribution in [1.82, 2.24) is 5.32 Å². The summed E-state index contributed by atoms with van der Waals surface area (Å²) in [6, 6.07) is 8.02. The maximum absolute atomic E-state index is 12.7. The lowest BCUT2D eigenvalue weighted by Crippen LogP contribution is -2.60. The van der Waals surface area contributed by atoms with Crippen LogP contribution in [-0.4, -0.2) is 34.4 Å². The molecule has 2 atom stereocenters. The minimum atomic E-state index is -4.96. The molecule has 4 nitrogen and oxygen atoms in total. The average molecular weight is 277 g/mol. The Morgan fingerprint density at radius 2 is 1.84 bits per heavy atom. The van der Waals surface area contributed by atoms with Crippen LogP contribution in [0.4, 0.5) is 13.2 Å². The number of aliphatic hydroxyl groups is 1. The van der Waals surface area contributed by atoms with E-state index in [0.717, 1.165) is 0 Å². The number of alkyl halides is 3. The van der Waals surface area contributed by atoms with Crippen LogP contribution in [0.1, 0.15) is 18.6 Å². The van der Waals surface area contributed by atoms with Gasteiger partial charge in [0.05, 0.1) is 6.10 Å². The topological polar surface area (TPSA) is 69.6 Å². The van der Waals surface area contributed by atoms with Crippen LogP contribution >= 0.6 is 0 Å². The fraction of sp³-hybridized carbons (Fsp3) is 0.417. The Morgan fingerprint density at radius 1 is 1.32 bits per heavy atom. The first-order valence-electron chi connectivity index (χ1n) is 5.46. The zero-order chi connectivity index (χ0) is 14.7. The van der Waals surface area contributed by atoms with Crippen LogP contribution in [-0.2, 0) is 4.79 Å². The minimum absolute atomic E-state index is 0.407. The van der Waals surface area contributed by atoms with E-state index >= 15 is 0 Å². The van der Waals surface area contributed by atoms with E-state index in [-0.39, 0.29) is 0 Å². The van der Waals surface area contributed by atoms with Crippen LogP contribution in [0, 0.1) is 0 Å². The third kappa shape index (κ3) is 3.45. The summed E-state index contributed by atoms with van der Waals surface area (Å²) in [6.07, 6.45) is -6.18. The monoisotopic (exact) mass is 277 g/mol. The number of halogens is 3. The molecule has 0 fully saturated rings. The third-order valence-corrected chi connectivity index (χ3v) is 2.83. The minimum Gasteiger partial charge on any atom is -0.480 e. The van der Waals surface area contributed by atoms with Gasteiger partial charge in [-0.2, -0.15) is 13.2 Å². The summed E-state index contributed by atoms with van der Waals surface area (Å²) >= 11 is 0. The highest BCUT2D eigenvalue weighted by Gasteiger charge is 2.57. The number of rotatable bonds is 5. The lowest BCUT2D eigenvalue weighted by Gasteiger charge is -2.29. The summed E-state index contributed by atoms with van der Waals surface area (Å²) in [6.45, 7) is -0.000625. The number of carboxylic acid groups (broad SMARTS) is 1. The van der Waals surface area contributed by atoms with E-state index in [9.17, 15) is 23.1 Å². The summed E-state index contributed by atoms with van der Waals surface area (Å²) in [5.41, 5.74) is -2.69. The Bertz CT molecular complexity index is 436. The Morgan fingerprint density at radius 3 is 2.26 bits per heavy atom. The normalized spacial score (nSPS) is 16.7. The molecule has 3 N–H and O–H groups in total. The van der Waals surface area contributed by atoms with Crippen molar-refractivity contribution in [2.24, 2.45) is 0 Å². The van der Waals surface area contributed by atoms with Crippen LogP contribution in [0.15, 0.2) is 30.3 Å². The Balaban J connectivity index is 2.76. The van der Waals surface area contributed by atoms with E-state index in [0.29, 0.717) is 12.5 Å². The maximum Gasteiger partial charge on any atom is 0.417 e. The number of aliphatic hydroxyl groups excluding tert-OH is 1. The van der Waals surface area contributed by atoms with E-state index < -0.39 is 30.3 Å². The van der Waals surface area contributed by atoms with Gasteiger partial charge in [-0.25, -0.2) is 4.79 Å². The van der Waals surface area contributed by atoms with Gasteiger partial charge in [0, 0.05) is 6.54 Å². The summed E-state index contributed by atoms with van der Waals surface area (Å²) < 4.78 is 38.0. The van der Waals surface area contributed by atoms with Crippen molar-refractivity contribution in [1.29, 1.82) is 0 Å². The first-order chi connectivity index (χ1) is 8.68. The molecule has 0 saturated carbocycles. The van der Waals surface area contributed by atoms with Crippen LogP contribution in [0.5, 0.6) is 0 Å². The van der Waals surface area contributed by atoms with Crippen molar-refractivity contribution in [3.8, 4) is 0 Å². The number of carbonyl (C=O) groups is 1. The second-order valence-electron chi connectivity index (χ2n) is 4.24. The Labute approximate surface area is 107 Å². The van der Waals surface area contributed by atoms with Crippen molar-refractivity contribution in [2.45, 2.75) is 24.7 Å². The molecule has 0 spiro atoms. The first-order valence-corrected chi connectivity index (χ1v) is 5.46. The summed E-state index contributed by atoms with van der Waals surface area (Å²) in [4.78, 5) is 10.8. The number of hydrogen-bond donors (Lipinski definition) is 3. The van der Waals surface area contributed by atoms with Crippen LogP contribution in [0.3, 0.4) is 0 Å². The van der Waals surface area contributed by atoms with Crippen molar-refractivity contribution in [3.05, 3.63) is 35.9 Å². The summed E-state index contributed by atoms with van der Waals surface area (Å²) in [7, 11) is 0. The highest BCUT2D eigenvalue weighted by atomic mass is 19.4. The molecule has 0 saturated heterocycles. The van der Waals surface area contributed by atoms with E-state index in [4.69, 9.17) is 5.11 Å². The predicted octanol–water partition coefficient (Wildman–Crippen LogP) is 1.72. The Kier molecular flexibility index (Phi) is 4.54. The smallest absolute Gasteiger partial charge is 0.417 e. The molecule has 2 unspecified atom stereocenters. The number of benzene rings is 1. The lowest BCUT2D eigenvalue weighted by molar-refractivity contribution is -0.206. The van der Waals surface area contributed by atoms with Crippen molar-refractivity contribution < 1.29 is 28.2 Å². The molecule has 0 heterocycles. The number of hydrogen-bond acceptors (Lipinski definition) is 3. The van der Waals surface area contributed by atoms with Gasteiger partial charge in [0.15, 0.2) is 0 Å². The number of β-amino-alcohol motifs (C(OH)–C–C–N with tert-alkyl or cyclic N) is 1. The highest BCUT2D eigenvalue weighted by molar-refractivity contribution is 5.79. The number of nitrogens with one attached hydrogen (secondary N) is 1. The summed E-state index contributed by atoms with van der Waals surface area (Å²) in [5, 5.41) is 20.3. The SMILES string of the molecule is CC(NCC(O)c1ccccc1)(C(=O)O)C(F)(F)F. The van der Waals surface area contributed by atoms with Gasteiger partial charge in [0.25, 0.3) is 0 Å². The standard InChI is InChI=1S/C12H14F3NO3/c1-11(10(18)19,12(13,14)15)16-7-9(17)8-5-3-2-4-6-8/h2-6,9,16-17H,7H2,1H3,(H,18,19). The van der Waals surface area contributed by atoms with Gasteiger partial charge in [-0.15, -0.1) is 0 Å². The summed E-state index contributed by atoms with van der Waals surface area (Å²) in [5.74, 6) is -2.04. The fourth-order valence-electron chi connectivity index (χ4n) is 1.39. The third-order valence-electron chi connectivity index (χ3n) is 2.83. The molecular formula is C12H14F3NO3. The van der Waals surface area contributed by atoms with E-state index in [1.54, 1.807) is 18.2 Å². The molecule has 1 aromatic rings. The van der Waals surface area contributed by atoms with Crippen LogP contribution < -0.4 is 5.32 Å². The maximum atomic E-state index is 12.7. The van der Waals surface area contributed by atoms with E-state index in [1.807, 2.05) is 5.32 Å². The predicted molar refractivity (Wildman–Crippen MR) is 61.5 cm³/mol. The van der Waals surface area contributed by atoms with Gasteiger partial charge in [-0.1, -0.05) is 30.3 Å². The van der Waals surface area contributed by atoms with Gasteiger partial charge in [0.2, 0.25) is 5.54 Å². The molecule has 1 aromatic carbocycles. The molecule has 0 aliphatic carbocycles. The molecule has 0 aromatic heterocycles. The van der Waals surface area contributed by atoms with E-state index in [2.05, 4.69) is 0 Å². The van der Waals surface area contributed by atoms with Crippen molar-refractivity contribution in [3.63, 3.8) is 0 Å². The van der Waals surface area contributed by atoms with Gasteiger partial charge in [-0.3, -0.25) is 5.32 Å². The van der Waals surface area contributed by atoms with E-state index in [1.165, 1.54) is 12.1 Å². The average Bonchev–Trinajstić information content (AvgIpc) is 2.34. The molecule has 19 heavy (non-hydrogen) atoms. The molecular weight excluding hydrogens is 263 g/mol. The second kappa shape index (κ2) is 5.58. The van der Waals surface area contributed by atoms with Crippen molar-refractivity contribution >= 4 is 5.97 Å². The van der Waals surface area contributed by atoms with Gasteiger partial charge < -0.3 is 10.2 Å². The quantitative estimate of drug-likeness (QED) is 0.766. The molecule has 0 radical (unpaired) electrons. The molecule has 1 rings (SSSR count). The Hall–Kier alpha value is -1.60. The number of carboxylic acids is 1. The molecule has 7 heteroatoms.